The number of imidazole rings is 1. The number of carbonyl (C=O) groups excluding carboxylic acids is 2. The third kappa shape index (κ3) is 3.72. The number of hydrogen-bond donors (Lipinski definition) is 4. The fraction of sp³-hybridized carbons (Fsp3) is 0.471. The van der Waals surface area contributed by atoms with Gasteiger partial charge in [-0.05, 0) is 31.0 Å². The van der Waals surface area contributed by atoms with Gasteiger partial charge >= 0.3 is 6.03 Å². The molecule has 0 atom stereocenters. The second-order valence-corrected chi connectivity index (χ2v) is 6.37. The molecule has 0 saturated heterocycles. The molecule has 1 fully saturated rings. The lowest BCUT2D eigenvalue weighted by atomic mass is 9.81. The van der Waals surface area contributed by atoms with Gasteiger partial charge in [-0.15, -0.1) is 0 Å². The monoisotopic (exact) mass is 347 g/mol. The van der Waals surface area contributed by atoms with Gasteiger partial charge < -0.3 is 20.9 Å². The Morgan fingerprint density at radius 3 is 2.76 bits per heavy atom. The van der Waals surface area contributed by atoms with E-state index in [1.165, 1.54) is 12.1 Å². The zero-order valence-corrected chi connectivity index (χ0v) is 14.1. The van der Waals surface area contributed by atoms with Crippen LogP contribution in [0.15, 0.2) is 18.2 Å². The quantitative estimate of drug-likeness (QED) is 0.680. The average molecular weight is 347 g/mol. The molecule has 1 aliphatic rings. The van der Waals surface area contributed by atoms with Crippen molar-refractivity contribution < 1.29 is 14.0 Å². The van der Waals surface area contributed by atoms with Gasteiger partial charge in [0.05, 0.1) is 17.6 Å². The first kappa shape index (κ1) is 17.2. The number of nitrogens with zero attached hydrogens (tertiary/aromatic N) is 1. The average Bonchev–Trinajstić information content (AvgIpc) is 3.02. The van der Waals surface area contributed by atoms with E-state index in [0.717, 1.165) is 19.3 Å². The van der Waals surface area contributed by atoms with Gasteiger partial charge in [0.2, 0.25) is 5.91 Å². The van der Waals surface area contributed by atoms with Gasteiger partial charge in [0.1, 0.15) is 17.2 Å². The van der Waals surface area contributed by atoms with Crippen LogP contribution in [0.2, 0.25) is 0 Å². The standard InChI is InChI=1S/C17H22FN5O2/c1-19-15(24)17(7-3-2-4-8-17)23-16(25)20-10-14-21-12-6-5-11(18)9-13(12)22-14/h5-6,9H,2-4,7-8,10H2,1H3,(H,19,24)(H,21,22)(H2,20,23,25). The maximum atomic E-state index is 13.2. The van der Waals surface area contributed by atoms with Gasteiger partial charge in [-0.1, -0.05) is 19.3 Å². The minimum absolute atomic E-state index is 0.159. The molecule has 0 unspecified atom stereocenters. The van der Waals surface area contributed by atoms with Crippen LogP contribution in [0.25, 0.3) is 11.0 Å². The molecule has 0 bridgehead atoms. The van der Waals surface area contributed by atoms with Gasteiger partial charge in [-0.3, -0.25) is 4.79 Å². The predicted octanol–water partition coefficient (Wildman–Crippen LogP) is 1.95. The first-order valence-corrected chi connectivity index (χ1v) is 8.45. The van der Waals surface area contributed by atoms with Crippen LogP contribution < -0.4 is 16.0 Å². The fourth-order valence-corrected chi connectivity index (χ4v) is 3.35. The summed E-state index contributed by atoms with van der Waals surface area (Å²) in [7, 11) is 1.58. The Morgan fingerprint density at radius 1 is 1.28 bits per heavy atom. The molecule has 1 aliphatic carbocycles. The van der Waals surface area contributed by atoms with Gasteiger partial charge in [-0.2, -0.15) is 0 Å². The number of likely N-dealkylation sites (N-methyl/N-ethyl adjacent to an activating group) is 1. The highest BCUT2D eigenvalue weighted by Gasteiger charge is 2.40. The number of halogens is 1. The minimum Gasteiger partial charge on any atom is -0.357 e. The summed E-state index contributed by atoms with van der Waals surface area (Å²) < 4.78 is 13.2. The van der Waals surface area contributed by atoms with Crippen molar-refractivity contribution in [3.8, 4) is 0 Å². The maximum absolute atomic E-state index is 13.2. The lowest BCUT2D eigenvalue weighted by molar-refractivity contribution is -0.128. The number of rotatable bonds is 4. The highest BCUT2D eigenvalue weighted by molar-refractivity contribution is 5.91. The summed E-state index contributed by atoms with van der Waals surface area (Å²) in [6.07, 6.45) is 4.14. The molecule has 134 valence electrons. The lowest BCUT2D eigenvalue weighted by Crippen LogP contribution is -2.61. The number of carbonyl (C=O) groups is 2. The molecular weight excluding hydrogens is 325 g/mol. The number of nitrogens with one attached hydrogen (secondary N) is 4. The second kappa shape index (κ2) is 7.08. The first-order chi connectivity index (χ1) is 12.0. The Balaban J connectivity index is 1.63. The van der Waals surface area contributed by atoms with E-state index in [4.69, 9.17) is 0 Å². The van der Waals surface area contributed by atoms with Crippen LogP contribution in [0.4, 0.5) is 9.18 Å². The topological polar surface area (TPSA) is 98.9 Å². The van der Waals surface area contributed by atoms with Gasteiger partial charge in [-0.25, -0.2) is 14.2 Å². The summed E-state index contributed by atoms with van der Waals surface area (Å²) in [6.45, 7) is 0.159. The van der Waals surface area contributed by atoms with E-state index in [1.54, 1.807) is 13.1 Å². The van der Waals surface area contributed by atoms with E-state index in [0.29, 0.717) is 29.7 Å². The Bertz CT molecular complexity index is 782. The number of amides is 3. The van der Waals surface area contributed by atoms with Crippen LogP contribution >= 0.6 is 0 Å². The Labute approximate surface area is 144 Å². The second-order valence-electron chi connectivity index (χ2n) is 6.37. The fourth-order valence-electron chi connectivity index (χ4n) is 3.35. The molecule has 2 aromatic rings. The van der Waals surface area contributed by atoms with Crippen LogP contribution in [-0.2, 0) is 11.3 Å². The summed E-state index contributed by atoms with van der Waals surface area (Å²) >= 11 is 0. The molecule has 1 aromatic carbocycles. The molecule has 3 rings (SSSR count). The lowest BCUT2D eigenvalue weighted by Gasteiger charge is -2.36. The maximum Gasteiger partial charge on any atom is 0.316 e. The predicted molar refractivity (Wildman–Crippen MR) is 91.3 cm³/mol. The van der Waals surface area contributed by atoms with Crippen LogP contribution in [0.1, 0.15) is 37.9 Å². The van der Waals surface area contributed by atoms with Crippen molar-refractivity contribution in [2.24, 2.45) is 0 Å². The smallest absolute Gasteiger partial charge is 0.316 e. The Morgan fingerprint density at radius 2 is 2.04 bits per heavy atom. The van der Waals surface area contributed by atoms with Crippen LogP contribution in [0, 0.1) is 5.82 Å². The van der Waals surface area contributed by atoms with E-state index < -0.39 is 11.6 Å². The normalized spacial score (nSPS) is 16.4. The molecule has 25 heavy (non-hydrogen) atoms. The van der Waals surface area contributed by atoms with Crippen LogP contribution in [-0.4, -0.2) is 34.5 Å². The summed E-state index contributed by atoms with van der Waals surface area (Å²) in [5.74, 6) is 0.00756. The third-order valence-electron chi connectivity index (χ3n) is 4.63. The summed E-state index contributed by atoms with van der Waals surface area (Å²) in [6, 6.07) is 3.85. The number of aromatic nitrogens is 2. The van der Waals surface area contributed by atoms with Crippen molar-refractivity contribution in [2.45, 2.75) is 44.2 Å². The van der Waals surface area contributed by atoms with E-state index in [-0.39, 0.29) is 18.3 Å². The number of hydrogen-bond acceptors (Lipinski definition) is 3. The molecule has 1 saturated carbocycles. The molecule has 4 N–H and O–H groups in total. The molecule has 7 nitrogen and oxygen atoms in total. The molecule has 0 spiro atoms. The highest BCUT2D eigenvalue weighted by Crippen LogP contribution is 2.28. The number of urea groups is 1. The highest BCUT2D eigenvalue weighted by atomic mass is 19.1. The van der Waals surface area contributed by atoms with Gasteiger partial charge in [0, 0.05) is 7.05 Å². The molecule has 0 radical (unpaired) electrons. The zero-order valence-electron chi connectivity index (χ0n) is 14.1. The SMILES string of the molecule is CNC(=O)C1(NC(=O)NCc2nc3ccc(F)cc3[nH]2)CCCCC1. The Hall–Kier alpha value is -2.64. The van der Waals surface area contributed by atoms with Crippen molar-refractivity contribution in [1.29, 1.82) is 0 Å². The summed E-state index contributed by atoms with van der Waals surface area (Å²) in [5, 5.41) is 8.18. The van der Waals surface area contributed by atoms with Crippen LogP contribution in [0.3, 0.4) is 0 Å². The third-order valence-corrected chi connectivity index (χ3v) is 4.63. The molecule has 1 heterocycles. The zero-order chi connectivity index (χ0) is 17.9. The van der Waals surface area contributed by atoms with E-state index in [1.807, 2.05) is 0 Å². The van der Waals surface area contributed by atoms with E-state index in [2.05, 4.69) is 25.9 Å². The number of fused-ring (bicyclic) bond motifs is 1. The Kier molecular flexibility index (Phi) is 4.87. The van der Waals surface area contributed by atoms with E-state index in [9.17, 15) is 14.0 Å². The summed E-state index contributed by atoms with van der Waals surface area (Å²) in [5.41, 5.74) is 0.354. The molecule has 3 amide bonds. The molecular formula is C17H22FN5O2. The van der Waals surface area contributed by atoms with Crippen molar-refractivity contribution in [3.63, 3.8) is 0 Å². The summed E-state index contributed by atoms with van der Waals surface area (Å²) in [4.78, 5) is 31.8. The first-order valence-electron chi connectivity index (χ1n) is 8.45. The minimum atomic E-state index is -0.853. The van der Waals surface area contributed by atoms with Crippen molar-refractivity contribution in [1.82, 2.24) is 25.9 Å². The number of benzene rings is 1. The molecule has 0 aliphatic heterocycles. The van der Waals surface area contributed by atoms with Crippen molar-refractivity contribution in [2.75, 3.05) is 7.05 Å². The van der Waals surface area contributed by atoms with Crippen LogP contribution in [0.5, 0.6) is 0 Å². The van der Waals surface area contributed by atoms with Crippen molar-refractivity contribution in [3.05, 3.63) is 29.8 Å². The van der Waals surface area contributed by atoms with Crippen molar-refractivity contribution >= 4 is 23.0 Å². The van der Waals surface area contributed by atoms with Gasteiger partial charge in [0.15, 0.2) is 0 Å². The number of H-pyrrole nitrogens is 1. The number of aromatic amines is 1. The van der Waals surface area contributed by atoms with Gasteiger partial charge in [0.25, 0.3) is 0 Å². The molecule has 1 aromatic heterocycles. The largest absolute Gasteiger partial charge is 0.357 e. The molecule has 8 heteroatoms. The van der Waals surface area contributed by atoms with E-state index >= 15 is 0 Å².